The van der Waals surface area contributed by atoms with Crippen molar-refractivity contribution < 1.29 is 83.7 Å². The number of aromatic nitrogens is 2. The van der Waals surface area contributed by atoms with E-state index in [2.05, 4.69) is 259 Å². The van der Waals surface area contributed by atoms with Crippen molar-refractivity contribution in [1.29, 1.82) is 0 Å². The first-order valence-electron chi connectivity index (χ1n) is 46.6. The van der Waals surface area contributed by atoms with Gasteiger partial charge in [-0.3, -0.25) is 0 Å². The molecule has 0 atom stereocenters. The predicted molar refractivity (Wildman–Crippen MR) is 570 cm³/mol. The molecular formula is C116H147Br2Cl2Mo2N5O6W-2. The molecule has 134 heavy (non-hydrogen) atoms. The number of fused-ring (bicyclic) bond motifs is 2. The summed E-state index contributed by atoms with van der Waals surface area (Å²) in [5.41, 5.74) is 29.4. The van der Waals surface area contributed by atoms with Crippen molar-refractivity contribution in [2.45, 2.75) is 267 Å². The number of aryl methyl sites for hydroxylation is 6. The van der Waals surface area contributed by atoms with Gasteiger partial charge in [0, 0.05) is 21.2 Å². The van der Waals surface area contributed by atoms with Crippen LogP contribution in [0.25, 0.3) is 33.4 Å². The molecule has 0 radical (unpaired) electrons. The van der Waals surface area contributed by atoms with E-state index >= 15 is 0 Å². The third kappa shape index (κ3) is 37.2. The zero-order valence-corrected chi connectivity index (χ0v) is 96.2. The molecule has 0 aliphatic heterocycles. The summed E-state index contributed by atoms with van der Waals surface area (Å²) in [5, 5.41) is 42.0. The van der Waals surface area contributed by atoms with Gasteiger partial charge < -0.3 is 39.9 Å². The fourth-order valence-electron chi connectivity index (χ4n) is 14.7. The molecule has 10 aromatic carbocycles. The summed E-state index contributed by atoms with van der Waals surface area (Å²) in [4.78, 5) is 8.22. The maximum absolute atomic E-state index is 11.0. The van der Waals surface area contributed by atoms with E-state index in [1.54, 1.807) is 18.2 Å². The summed E-state index contributed by atoms with van der Waals surface area (Å²) in [6, 6.07) is 68.1. The number of para-hydroxylation sites is 3. The van der Waals surface area contributed by atoms with Gasteiger partial charge in [-0.15, -0.1) is 0 Å². The van der Waals surface area contributed by atoms with Crippen molar-refractivity contribution in [2.75, 3.05) is 14.2 Å². The molecule has 14 rings (SSSR count). The Bertz CT molecular complexity index is 5540. The second kappa shape index (κ2) is 56.3. The number of nitrogens with zero attached hydrogens (tertiary/aromatic N) is 5. The van der Waals surface area contributed by atoms with Gasteiger partial charge in [0.1, 0.15) is 17.2 Å². The first-order chi connectivity index (χ1) is 63.2. The molecule has 0 spiro atoms. The molecule has 0 bridgehead atoms. The number of benzene rings is 10. The third-order valence-electron chi connectivity index (χ3n) is 21.7. The van der Waals surface area contributed by atoms with Crippen LogP contribution < -0.4 is 19.4 Å². The predicted octanol–water partition coefficient (Wildman–Crippen LogP) is 35.0. The fraction of sp³-hybridized carbons (Fsp3) is 0.388. The normalized spacial score (nSPS) is 11.9. The van der Waals surface area contributed by atoms with Crippen LogP contribution in [0.2, 0.25) is 10.0 Å². The molecular weight excluding hydrogens is 2170 g/mol. The van der Waals surface area contributed by atoms with Gasteiger partial charge in [-0.1, -0.05) is 199 Å². The number of hydrogen-bond acceptors (Lipinski definition) is 9. The van der Waals surface area contributed by atoms with Crippen LogP contribution in [0.1, 0.15) is 291 Å². The number of halogens is 4. The molecule has 0 amide bonds. The summed E-state index contributed by atoms with van der Waals surface area (Å²) in [7, 11) is 2.99. The van der Waals surface area contributed by atoms with Crippen molar-refractivity contribution in [1.82, 2.24) is 9.97 Å². The Balaban J connectivity index is 0.000000237. The van der Waals surface area contributed by atoms with Crippen LogP contribution in [0.4, 0.5) is 17.1 Å². The molecule has 0 saturated carbocycles. The molecule has 2 aromatic heterocycles. The zero-order valence-electron chi connectivity index (χ0n) is 84.6. The first-order valence-corrected chi connectivity index (χ1v) is 56.1. The van der Waals surface area contributed by atoms with Crippen LogP contribution in [-0.2, 0) is 79.4 Å². The van der Waals surface area contributed by atoms with Gasteiger partial charge in [0.05, 0.1) is 18.7 Å². The standard InChI is InChI=1S/C21H22Br2O.C18H14O.2C12H17N.C12H18O.C8H10O3.C6H3Cl2N.2C6H8N.3C5H10.2Mo.W/c1-12-17(22)10-13-6-2-4-8-15(13)19(12)20-16-9-5-3-7-14(16)11-18(23)21(20)24;19-18-16(14-8-3-1-4-9-14)12-7-13-17(18)15-10-5-2-6-11-15;3*1-8(2)10-6-5-7-11(9(3)4)12(10)13;1-10-6-4-3-5-7(11-2)8(6)9;7-4-2-1-3-5(8)6(4)9;2*1-5-3-4-6(2)7-5;3*1-5(2,3)4;;;/h10-11,24H,2-9H2,1H3;1-13,19H;2*5-9H,1-4H3;5-9,13H,1-4H3;3-5,9H,1-2H3;1-3H;2*3-4H,1-2H3;3*1H,2-4H3;;;/q;;;;;;;2*-1;;;;;;. The number of methoxy groups -OCH3 is 2. The Kier molecular flexibility index (Phi) is 48.3. The van der Waals surface area contributed by atoms with Crippen LogP contribution in [0.15, 0.2) is 226 Å². The second-order valence-corrected chi connectivity index (χ2v) is 46.8. The van der Waals surface area contributed by atoms with Gasteiger partial charge >= 0.3 is 362 Å². The number of ether oxygens (including phenoxy) is 2. The minimum absolute atomic E-state index is 0.0394. The summed E-state index contributed by atoms with van der Waals surface area (Å²) in [5.74, 6) is 5.05. The van der Waals surface area contributed by atoms with Crippen molar-refractivity contribution in [2.24, 2.45) is 26.7 Å². The summed E-state index contributed by atoms with van der Waals surface area (Å²) >= 11 is 17.7. The number of phenols is 4. The molecule has 11 nitrogen and oxygen atoms in total. The monoisotopic (exact) mass is 2310 g/mol. The van der Waals surface area contributed by atoms with E-state index in [4.69, 9.17) is 39.7 Å². The topological polar surface area (TPSA) is 165 Å². The van der Waals surface area contributed by atoms with E-state index in [0.29, 0.717) is 74.3 Å². The summed E-state index contributed by atoms with van der Waals surface area (Å²) < 4.78 is 33.4. The largest absolute Gasteiger partial charge is 0.665 e. The molecule has 0 fully saturated rings. The first kappa shape index (κ1) is 115. The van der Waals surface area contributed by atoms with Gasteiger partial charge in [0.25, 0.3) is 0 Å². The molecule has 4 N–H and O–H groups in total. The maximum atomic E-state index is 11.0. The average Bonchev–Trinajstić information content (AvgIpc) is 0.855. The number of rotatable bonds is 14. The molecule has 720 valence electrons. The molecule has 18 heteroatoms. The second-order valence-electron chi connectivity index (χ2n) is 38.9. The molecule has 2 heterocycles. The molecule has 12 aromatic rings. The molecule has 2 aliphatic carbocycles. The Hall–Kier alpha value is -7.83. The van der Waals surface area contributed by atoms with Crippen LogP contribution >= 0.6 is 55.1 Å². The van der Waals surface area contributed by atoms with Crippen molar-refractivity contribution in [3.05, 3.63) is 309 Å². The average molecular weight is 2310 g/mol. The van der Waals surface area contributed by atoms with Gasteiger partial charge in [-0.25, -0.2) is 0 Å². The third-order valence-corrected chi connectivity index (χ3v) is 33.1. The van der Waals surface area contributed by atoms with Gasteiger partial charge in [0.15, 0.2) is 11.5 Å². The van der Waals surface area contributed by atoms with Gasteiger partial charge in [-0.2, -0.15) is 22.8 Å². The van der Waals surface area contributed by atoms with Crippen molar-refractivity contribution >= 4 is 85.3 Å². The molecule has 0 unspecified atom stereocenters. The number of aromatic hydroxyl groups is 4. The van der Waals surface area contributed by atoms with Crippen molar-refractivity contribution in [3.8, 4) is 67.9 Å². The van der Waals surface area contributed by atoms with Crippen LogP contribution in [0.3, 0.4) is 0 Å². The van der Waals surface area contributed by atoms with Crippen molar-refractivity contribution in [3.63, 3.8) is 0 Å². The van der Waals surface area contributed by atoms with E-state index in [-0.39, 0.29) is 22.0 Å². The van der Waals surface area contributed by atoms with E-state index in [1.807, 2.05) is 167 Å². The number of hydrogen-bond donors (Lipinski definition) is 4. The number of phenolic OH excluding ortho intramolecular Hbond substituents is 4. The smallest absolute Gasteiger partial charge is 0.200 e. The Labute approximate surface area is 855 Å². The SMILES string of the molecule is CC(C)(C)[CH]=[W]=[N]c1c(Cl)cccc1Cl.CC(C)c1cccc(C(C)C)c1O.CC(C)c1cccc(C(C)C)c1[N]=[Mo]=[CH]C(C)(C)C.CC(C)c1cccc(C(C)C)c1[N]=[Mo]=[CH]C(C)(C)C.COc1cccc(OC)c1O.Cc1c(Br)cc2c(c1-c1c(O)c(Br)cc3c1CCCC3)CCCC2.Cc1ccc(C)[n-]1.Cc1ccc(C)[n-]1.Oc1c(-c2ccccc2)cccc1-c1ccccc1. The van der Waals surface area contributed by atoms with E-state index in [0.717, 1.165) is 97.6 Å². The van der Waals surface area contributed by atoms with Gasteiger partial charge in [-0.05, 0) is 166 Å². The maximum Gasteiger partial charge on any atom is 0.200 e. The fourth-order valence-corrected chi connectivity index (χ4v) is 22.4. The minimum Gasteiger partial charge on any atom is -0.665 e. The van der Waals surface area contributed by atoms with Crippen LogP contribution in [0, 0.1) is 50.9 Å². The summed E-state index contributed by atoms with van der Waals surface area (Å²) in [6.45, 7) is 56.7. The Morgan fingerprint density at radius 3 is 1.04 bits per heavy atom. The molecule has 0 saturated heterocycles. The summed E-state index contributed by atoms with van der Waals surface area (Å²) in [6.07, 6.45) is 9.46. The molecule has 2 aliphatic rings. The Morgan fingerprint density at radius 1 is 0.373 bits per heavy atom. The minimum atomic E-state index is -0.850. The van der Waals surface area contributed by atoms with E-state index < -0.39 is 53.8 Å². The zero-order chi connectivity index (χ0) is 99.5. The van der Waals surface area contributed by atoms with Gasteiger partial charge in [0.2, 0.25) is 5.75 Å². The van der Waals surface area contributed by atoms with E-state index in [9.17, 15) is 20.4 Å². The van der Waals surface area contributed by atoms with Crippen LogP contribution in [-0.4, -0.2) is 47.8 Å². The van der Waals surface area contributed by atoms with E-state index in [1.165, 1.54) is 111 Å². The quantitative estimate of drug-likeness (QED) is 0.0782. The Morgan fingerprint density at radius 2 is 0.701 bits per heavy atom. The van der Waals surface area contributed by atoms with Crippen LogP contribution in [0.5, 0.6) is 34.5 Å².